The van der Waals surface area contributed by atoms with Gasteiger partial charge >= 0.3 is 0 Å². The second-order valence-corrected chi connectivity index (χ2v) is 5.66. The number of unbranched alkanes of at least 4 members (excludes halogenated alkanes) is 1. The van der Waals surface area contributed by atoms with E-state index < -0.39 is 9.84 Å². The Hall–Kier alpha value is -1.60. The van der Waals surface area contributed by atoms with Crippen molar-refractivity contribution in [1.82, 2.24) is 0 Å². The molecule has 17 heavy (non-hydrogen) atoms. The van der Waals surface area contributed by atoms with Gasteiger partial charge in [-0.2, -0.15) is 0 Å². The molecule has 0 unspecified atom stereocenters. The molecule has 3 nitrogen and oxygen atoms in total. The molecule has 0 heterocycles. The number of rotatable bonds is 4. The SMILES string of the molecule is [C-]#[N+]/C(=C/CCC)S(=O)(=O)c1ccc(C)cc1. The Morgan fingerprint density at radius 2 is 1.94 bits per heavy atom. The maximum atomic E-state index is 12.1. The molecule has 1 aromatic rings. The van der Waals surface area contributed by atoms with Gasteiger partial charge in [-0.15, -0.1) is 0 Å². The van der Waals surface area contributed by atoms with Crippen LogP contribution >= 0.6 is 0 Å². The highest BCUT2D eigenvalue weighted by molar-refractivity contribution is 7.95. The number of allylic oxidation sites excluding steroid dienone is 1. The van der Waals surface area contributed by atoms with Gasteiger partial charge in [-0.25, -0.2) is 13.3 Å². The van der Waals surface area contributed by atoms with Gasteiger partial charge < -0.3 is 0 Å². The fourth-order valence-electron chi connectivity index (χ4n) is 1.32. The Morgan fingerprint density at radius 1 is 1.35 bits per heavy atom. The number of hydrogen-bond donors (Lipinski definition) is 0. The van der Waals surface area contributed by atoms with E-state index in [4.69, 9.17) is 6.57 Å². The first-order valence-electron chi connectivity index (χ1n) is 5.41. The summed E-state index contributed by atoms with van der Waals surface area (Å²) in [6.07, 6.45) is 2.91. The fourth-order valence-corrected chi connectivity index (χ4v) is 2.51. The van der Waals surface area contributed by atoms with E-state index in [-0.39, 0.29) is 9.92 Å². The maximum absolute atomic E-state index is 12.1. The first kappa shape index (κ1) is 13.5. The Morgan fingerprint density at radius 3 is 2.41 bits per heavy atom. The molecule has 1 rings (SSSR count). The third-order valence-corrected chi connectivity index (χ3v) is 4.03. The second-order valence-electron chi connectivity index (χ2n) is 3.76. The van der Waals surface area contributed by atoms with Crippen molar-refractivity contribution in [2.45, 2.75) is 31.6 Å². The molecule has 0 fully saturated rings. The largest absolute Gasteiger partial charge is 0.279 e. The van der Waals surface area contributed by atoms with Crippen molar-refractivity contribution < 1.29 is 8.42 Å². The molecule has 0 N–H and O–H groups in total. The van der Waals surface area contributed by atoms with E-state index >= 15 is 0 Å². The topological polar surface area (TPSA) is 38.5 Å². The summed E-state index contributed by atoms with van der Waals surface area (Å²) in [7, 11) is -3.63. The lowest BCUT2D eigenvalue weighted by molar-refractivity contribution is 0.602. The number of hydrogen-bond acceptors (Lipinski definition) is 2. The fraction of sp³-hybridized carbons (Fsp3) is 0.308. The zero-order chi connectivity index (χ0) is 12.9. The first-order chi connectivity index (χ1) is 8.02. The predicted octanol–water partition coefficient (Wildman–Crippen LogP) is 3.33. The van der Waals surface area contributed by atoms with Gasteiger partial charge in [0.15, 0.2) is 0 Å². The summed E-state index contributed by atoms with van der Waals surface area (Å²) in [5, 5.41) is -0.178. The molecule has 0 aliphatic heterocycles. The van der Waals surface area contributed by atoms with Gasteiger partial charge in [0.05, 0.1) is 11.5 Å². The molecule has 0 atom stereocenters. The van der Waals surface area contributed by atoms with E-state index in [0.29, 0.717) is 6.42 Å². The zero-order valence-electron chi connectivity index (χ0n) is 9.97. The van der Waals surface area contributed by atoms with Crippen LogP contribution in [0.5, 0.6) is 0 Å². The third kappa shape index (κ3) is 3.18. The minimum atomic E-state index is -3.63. The normalized spacial score (nSPS) is 12.2. The molecule has 0 saturated carbocycles. The summed E-state index contributed by atoms with van der Waals surface area (Å²) < 4.78 is 24.2. The average molecular weight is 249 g/mol. The van der Waals surface area contributed by atoms with Gasteiger partial charge in [0, 0.05) is 0 Å². The molecule has 0 radical (unpaired) electrons. The Labute approximate surface area is 103 Å². The van der Waals surface area contributed by atoms with Crippen LogP contribution < -0.4 is 0 Å². The van der Waals surface area contributed by atoms with Gasteiger partial charge in [0.2, 0.25) is 9.84 Å². The van der Waals surface area contributed by atoms with E-state index in [1.807, 2.05) is 13.8 Å². The summed E-state index contributed by atoms with van der Waals surface area (Å²) in [6.45, 7) is 10.8. The highest BCUT2D eigenvalue weighted by atomic mass is 32.2. The van der Waals surface area contributed by atoms with Gasteiger partial charge in [0.25, 0.3) is 5.03 Å². The highest BCUT2D eigenvalue weighted by Gasteiger charge is 2.20. The van der Waals surface area contributed by atoms with Crippen LogP contribution in [0.3, 0.4) is 0 Å². The van der Waals surface area contributed by atoms with Crippen LogP contribution in [0.1, 0.15) is 25.3 Å². The van der Waals surface area contributed by atoms with Crippen LogP contribution in [0.2, 0.25) is 0 Å². The lowest BCUT2D eigenvalue weighted by Gasteiger charge is -2.03. The molecule has 0 aliphatic rings. The van der Waals surface area contributed by atoms with E-state index in [0.717, 1.165) is 12.0 Å². The Bertz CT molecular complexity index is 548. The lowest BCUT2D eigenvalue weighted by atomic mass is 10.2. The van der Waals surface area contributed by atoms with E-state index in [9.17, 15) is 8.42 Å². The molecule has 90 valence electrons. The van der Waals surface area contributed by atoms with Crippen LogP contribution in [0.15, 0.2) is 40.3 Å². The summed E-state index contributed by atoms with van der Waals surface area (Å²) in [4.78, 5) is 3.30. The van der Waals surface area contributed by atoms with Crippen molar-refractivity contribution in [3.05, 3.63) is 52.4 Å². The molecule has 0 saturated heterocycles. The lowest BCUT2D eigenvalue weighted by Crippen LogP contribution is -2.02. The van der Waals surface area contributed by atoms with Gasteiger partial charge in [-0.1, -0.05) is 37.1 Å². The molecule has 0 aliphatic carbocycles. The van der Waals surface area contributed by atoms with Crippen molar-refractivity contribution in [2.75, 3.05) is 0 Å². The minimum Gasteiger partial charge on any atom is -0.230 e. The van der Waals surface area contributed by atoms with Gasteiger partial charge in [0.1, 0.15) is 0 Å². The summed E-state index contributed by atoms with van der Waals surface area (Å²) in [6, 6.07) is 6.54. The monoisotopic (exact) mass is 249 g/mol. The highest BCUT2D eigenvalue weighted by Crippen LogP contribution is 2.21. The second kappa shape index (κ2) is 5.65. The third-order valence-electron chi connectivity index (χ3n) is 2.32. The average Bonchev–Trinajstić information content (AvgIpc) is 2.30. The van der Waals surface area contributed by atoms with Gasteiger partial charge in [-0.05, 0) is 25.5 Å². The predicted molar refractivity (Wildman–Crippen MR) is 68.0 cm³/mol. The zero-order valence-corrected chi connectivity index (χ0v) is 10.8. The first-order valence-corrected chi connectivity index (χ1v) is 6.90. The Balaban J connectivity index is 3.19. The standard InChI is InChI=1S/C13H15NO2S/c1-4-5-6-13(14-3)17(15,16)12-9-7-11(2)8-10-12/h6-10H,4-5H2,1-2H3/b13-6-. The van der Waals surface area contributed by atoms with Crippen molar-refractivity contribution in [3.63, 3.8) is 0 Å². The molecule has 0 bridgehead atoms. The van der Waals surface area contributed by atoms with Crippen molar-refractivity contribution >= 4 is 9.84 Å². The number of sulfone groups is 1. The van der Waals surface area contributed by atoms with Crippen molar-refractivity contribution in [1.29, 1.82) is 0 Å². The van der Waals surface area contributed by atoms with Crippen molar-refractivity contribution in [3.8, 4) is 0 Å². The minimum absolute atomic E-state index is 0.178. The van der Waals surface area contributed by atoms with Crippen LogP contribution in [0, 0.1) is 13.5 Å². The molecule has 0 spiro atoms. The Kier molecular flexibility index (Phi) is 4.47. The summed E-state index contributed by atoms with van der Waals surface area (Å²) >= 11 is 0. The number of nitrogens with zero attached hydrogens (tertiary/aromatic N) is 1. The van der Waals surface area contributed by atoms with E-state index in [1.165, 1.54) is 18.2 Å². The van der Waals surface area contributed by atoms with Crippen LogP contribution in [-0.2, 0) is 9.84 Å². The van der Waals surface area contributed by atoms with Crippen LogP contribution in [-0.4, -0.2) is 8.42 Å². The smallest absolute Gasteiger partial charge is 0.230 e. The quantitative estimate of drug-likeness (QED) is 0.768. The van der Waals surface area contributed by atoms with Gasteiger partial charge in [-0.3, -0.25) is 0 Å². The van der Waals surface area contributed by atoms with Crippen LogP contribution in [0.25, 0.3) is 4.85 Å². The molecular weight excluding hydrogens is 234 g/mol. The van der Waals surface area contributed by atoms with Crippen molar-refractivity contribution in [2.24, 2.45) is 0 Å². The summed E-state index contributed by atoms with van der Waals surface area (Å²) in [5.74, 6) is 0. The number of benzene rings is 1. The van der Waals surface area contributed by atoms with E-state index in [2.05, 4.69) is 4.85 Å². The molecule has 0 amide bonds. The molecular formula is C13H15NO2S. The maximum Gasteiger partial charge on any atom is 0.279 e. The molecule has 1 aromatic carbocycles. The number of aryl methyl sites for hydroxylation is 1. The van der Waals surface area contributed by atoms with Crippen LogP contribution in [0.4, 0.5) is 0 Å². The summed E-state index contributed by atoms with van der Waals surface area (Å²) in [5.41, 5.74) is 0.992. The van der Waals surface area contributed by atoms with E-state index in [1.54, 1.807) is 12.1 Å². The molecule has 0 aromatic heterocycles. The molecule has 4 heteroatoms.